The largest absolute Gasteiger partial charge is 0.507 e. The van der Waals surface area contributed by atoms with Crippen LogP contribution in [-0.2, 0) is 9.59 Å². The van der Waals surface area contributed by atoms with Gasteiger partial charge in [0.25, 0.3) is 11.7 Å². The average molecular weight is 438 g/mol. The zero-order valence-corrected chi connectivity index (χ0v) is 17.9. The van der Waals surface area contributed by atoms with Gasteiger partial charge < -0.3 is 14.3 Å². The molecule has 0 aliphatic carbocycles. The molecule has 31 heavy (non-hydrogen) atoms. The van der Waals surface area contributed by atoms with Gasteiger partial charge in [-0.2, -0.15) is 0 Å². The number of furan rings is 1. The summed E-state index contributed by atoms with van der Waals surface area (Å²) in [5.74, 6) is -1.17. The number of aliphatic hydroxyl groups is 1. The van der Waals surface area contributed by atoms with Crippen molar-refractivity contribution in [2.45, 2.75) is 19.9 Å². The molecule has 1 fully saturated rings. The van der Waals surface area contributed by atoms with Crippen molar-refractivity contribution in [3.8, 4) is 5.75 Å². The molecular formula is C24H20ClNO5. The number of nitrogens with zero attached hydrogens (tertiary/aromatic N) is 1. The van der Waals surface area contributed by atoms with Gasteiger partial charge in [0, 0.05) is 10.7 Å². The molecule has 1 unspecified atom stereocenters. The highest BCUT2D eigenvalue weighted by Gasteiger charge is 2.48. The van der Waals surface area contributed by atoms with Gasteiger partial charge in [0.15, 0.2) is 0 Å². The minimum absolute atomic E-state index is 0.0803. The summed E-state index contributed by atoms with van der Waals surface area (Å²) in [6.07, 6.45) is 1.45. The van der Waals surface area contributed by atoms with E-state index in [1.165, 1.54) is 18.3 Å². The van der Waals surface area contributed by atoms with Gasteiger partial charge in [-0.3, -0.25) is 14.5 Å². The van der Waals surface area contributed by atoms with Gasteiger partial charge in [-0.15, -0.1) is 0 Å². The SMILES string of the molecule is COc1c(C)cc(C)cc1/C(O)=C1/C(=O)C(=O)N(c2cccc(Cl)c2)C1c1ccco1. The van der Waals surface area contributed by atoms with Crippen molar-refractivity contribution in [1.29, 1.82) is 0 Å². The number of aryl methyl sites for hydroxylation is 2. The van der Waals surface area contributed by atoms with Crippen LogP contribution in [0.15, 0.2) is 64.8 Å². The molecule has 4 rings (SSSR count). The van der Waals surface area contributed by atoms with E-state index >= 15 is 0 Å². The first kappa shape index (κ1) is 20.8. The fourth-order valence-corrected chi connectivity index (χ4v) is 4.17. The maximum absolute atomic E-state index is 13.1. The molecule has 7 heteroatoms. The van der Waals surface area contributed by atoms with Crippen LogP contribution in [0.2, 0.25) is 5.02 Å². The Morgan fingerprint density at radius 1 is 1.13 bits per heavy atom. The molecule has 1 aromatic heterocycles. The van der Waals surface area contributed by atoms with Crippen molar-refractivity contribution >= 4 is 34.7 Å². The van der Waals surface area contributed by atoms with Gasteiger partial charge in [-0.1, -0.05) is 23.7 Å². The van der Waals surface area contributed by atoms with Crippen LogP contribution in [0.25, 0.3) is 5.76 Å². The first-order valence-corrected chi connectivity index (χ1v) is 9.97. The Bertz CT molecular complexity index is 1210. The van der Waals surface area contributed by atoms with E-state index in [0.29, 0.717) is 27.8 Å². The number of carbonyl (C=O) groups excluding carboxylic acids is 2. The number of aliphatic hydroxyl groups excluding tert-OH is 1. The molecule has 6 nitrogen and oxygen atoms in total. The van der Waals surface area contributed by atoms with Crippen molar-refractivity contribution < 1.29 is 23.8 Å². The summed E-state index contributed by atoms with van der Waals surface area (Å²) in [6.45, 7) is 3.72. The summed E-state index contributed by atoms with van der Waals surface area (Å²) in [6, 6.07) is 12.6. The lowest BCUT2D eigenvalue weighted by Gasteiger charge is -2.23. The summed E-state index contributed by atoms with van der Waals surface area (Å²) in [5.41, 5.74) is 2.34. The molecule has 3 aromatic rings. The number of halogens is 1. The summed E-state index contributed by atoms with van der Waals surface area (Å²) in [7, 11) is 1.49. The first-order valence-electron chi connectivity index (χ1n) is 9.59. The molecule has 1 aliphatic heterocycles. The van der Waals surface area contributed by atoms with E-state index in [-0.39, 0.29) is 11.3 Å². The third-order valence-electron chi connectivity index (χ3n) is 5.22. The maximum atomic E-state index is 13.1. The molecule has 1 saturated heterocycles. The molecule has 1 aliphatic rings. The van der Waals surface area contributed by atoms with Crippen LogP contribution >= 0.6 is 11.6 Å². The van der Waals surface area contributed by atoms with Crippen molar-refractivity contribution in [3.63, 3.8) is 0 Å². The van der Waals surface area contributed by atoms with Crippen molar-refractivity contribution in [1.82, 2.24) is 0 Å². The summed E-state index contributed by atoms with van der Waals surface area (Å²) in [5, 5.41) is 11.7. The number of amides is 1. The van der Waals surface area contributed by atoms with E-state index in [4.69, 9.17) is 20.8 Å². The Hall–Kier alpha value is -3.51. The molecule has 0 saturated carbocycles. The third kappa shape index (κ3) is 3.49. The summed E-state index contributed by atoms with van der Waals surface area (Å²) in [4.78, 5) is 27.5. The van der Waals surface area contributed by atoms with Gasteiger partial charge in [-0.05, 0) is 61.4 Å². The lowest BCUT2D eigenvalue weighted by Crippen LogP contribution is -2.29. The highest BCUT2D eigenvalue weighted by Crippen LogP contribution is 2.44. The zero-order chi connectivity index (χ0) is 22.3. The van der Waals surface area contributed by atoms with Gasteiger partial charge in [0.05, 0.1) is 24.5 Å². The molecule has 2 heterocycles. The minimum Gasteiger partial charge on any atom is -0.507 e. The van der Waals surface area contributed by atoms with Crippen LogP contribution in [0.5, 0.6) is 5.75 Å². The monoisotopic (exact) mass is 437 g/mol. The fourth-order valence-electron chi connectivity index (χ4n) is 3.99. The van der Waals surface area contributed by atoms with E-state index < -0.39 is 17.7 Å². The third-order valence-corrected chi connectivity index (χ3v) is 5.46. The van der Waals surface area contributed by atoms with Crippen LogP contribution < -0.4 is 9.64 Å². The predicted molar refractivity (Wildman–Crippen MR) is 117 cm³/mol. The molecule has 1 amide bonds. The zero-order valence-electron chi connectivity index (χ0n) is 17.2. The number of ketones is 1. The highest BCUT2D eigenvalue weighted by atomic mass is 35.5. The lowest BCUT2D eigenvalue weighted by molar-refractivity contribution is -0.132. The topological polar surface area (TPSA) is 80.0 Å². The number of ether oxygens (including phenoxy) is 1. The molecular weight excluding hydrogens is 418 g/mol. The van der Waals surface area contributed by atoms with Crippen LogP contribution in [0.1, 0.15) is 28.5 Å². The summed E-state index contributed by atoms with van der Waals surface area (Å²) < 4.78 is 11.0. The van der Waals surface area contributed by atoms with Gasteiger partial charge >= 0.3 is 0 Å². The summed E-state index contributed by atoms with van der Waals surface area (Å²) >= 11 is 6.12. The minimum atomic E-state index is -0.959. The second-order valence-electron chi connectivity index (χ2n) is 7.33. The Morgan fingerprint density at radius 2 is 1.90 bits per heavy atom. The molecule has 1 atom stereocenters. The number of methoxy groups -OCH3 is 1. The van der Waals surface area contributed by atoms with Crippen LogP contribution in [-0.4, -0.2) is 23.9 Å². The van der Waals surface area contributed by atoms with E-state index in [1.54, 1.807) is 42.5 Å². The normalized spacial score (nSPS) is 17.9. The molecule has 0 bridgehead atoms. The van der Waals surface area contributed by atoms with Gasteiger partial charge in [0.1, 0.15) is 23.3 Å². The van der Waals surface area contributed by atoms with Gasteiger partial charge in [-0.25, -0.2) is 0 Å². The molecule has 1 N–H and O–H groups in total. The number of benzene rings is 2. The van der Waals surface area contributed by atoms with E-state index in [0.717, 1.165) is 11.1 Å². The van der Waals surface area contributed by atoms with Crippen molar-refractivity contribution in [3.05, 3.63) is 87.8 Å². The number of hydrogen-bond acceptors (Lipinski definition) is 5. The number of anilines is 1. The first-order chi connectivity index (χ1) is 14.8. The van der Waals surface area contributed by atoms with Crippen molar-refractivity contribution in [2.24, 2.45) is 0 Å². The maximum Gasteiger partial charge on any atom is 0.300 e. The van der Waals surface area contributed by atoms with E-state index in [2.05, 4.69) is 0 Å². The Morgan fingerprint density at radius 3 is 2.55 bits per heavy atom. The second-order valence-corrected chi connectivity index (χ2v) is 7.76. The fraction of sp³-hybridized carbons (Fsp3) is 0.167. The average Bonchev–Trinajstić information content (AvgIpc) is 3.34. The molecule has 0 radical (unpaired) electrons. The molecule has 2 aromatic carbocycles. The van der Waals surface area contributed by atoms with Crippen LogP contribution in [0.4, 0.5) is 5.69 Å². The number of Topliss-reactive ketones (excluding diaryl/α,β-unsaturated/α-hetero) is 1. The highest BCUT2D eigenvalue weighted by molar-refractivity contribution is 6.51. The molecule has 158 valence electrons. The smallest absolute Gasteiger partial charge is 0.300 e. The van der Waals surface area contributed by atoms with Crippen LogP contribution in [0.3, 0.4) is 0 Å². The Kier molecular flexibility index (Phi) is 5.33. The number of carbonyl (C=O) groups is 2. The predicted octanol–water partition coefficient (Wildman–Crippen LogP) is 5.18. The van der Waals surface area contributed by atoms with E-state index in [9.17, 15) is 14.7 Å². The van der Waals surface area contributed by atoms with Crippen LogP contribution in [0, 0.1) is 13.8 Å². The molecule has 0 spiro atoms. The quantitative estimate of drug-likeness (QED) is 0.345. The number of rotatable bonds is 4. The van der Waals surface area contributed by atoms with Crippen molar-refractivity contribution in [2.75, 3.05) is 12.0 Å². The standard InChI is InChI=1S/C24H20ClNO5/c1-13-10-14(2)23(30-3)17(11-13)21(27)19-20(18-8-5-9-31-18)26(24(29)22(19)28)16-7-4-6-15(25)12-16/h4-12,20,27H,1-3H3/b21-19-. The van der Waals surface area contributed by atoms with Gasteiger partial charge in [0.2, 0.25) is 0 Å². The Labute approximate surface area is 184 Å². The Balaban J connectivity index is 1.99. The van der Waals surface area contributed by atoms with E-state index in [1.807, 2.05) is 19.9 Å². The second kappa shape index (κ2) is 7.96. The number of hydrogen-bond donors (Lipinski definition) is 1. The lowest BCUT2D eigenvalue weighted by atomic mass is 9.96.